The highest BCUT2D eigenvalue weighted by Crippen LogP contribution is 2.28. The Hall–Kier alpha value is -0.170. The Kier molecular flexibility index (Phi) is 4.41. The third-order valence-electron chi connectivity index (χ3n) is 3.51. The van der Waals surface area contributed by atoms with Gasteiger partial charge in [0.25, 0.3) is 10.2 Å². The summed E-state index contributed by atoms with van der Waals surface area (Å²) in [5.41, 5.74) is 0. The molecule has 0 bridgehead atoms. The monoisotopic (exact) mass is 261 g/mol. The van der Waals surface area contributed by atoms with Gasteiger partial charge in [-0.05, 0) is 38.1 Å². The molecule has 6 heteroatoms. The third kappa shape index (κ3) is 3.91. The van der Waals surface area contributed by atoms with E-state index in [0.29, 0.717) is 25.7 Å². The van der Waals surface area contributed by atoms with Crippen molar-refractivity contribution in [2.75, 3.05) is 26.2 Å². The molecule has 2 rings (SSSR count). The average molecular weight is 261 g/mol. The third-order valence-corrected chi connectivity index (χ3v) is 5.21. The first kappa shape index (κ1) is 13.3. The van der Waals surface area contributed by atoms with E-state index in [0.717, 1.165) is 25.3 Å². The topological polar surface area (TPSA) is 61.4 Å². The second-order valence-corrected chi connectivity index (χ2v) is 6.78. The fraction of sp³-hybridized carbons (Fsp3) is 1.00. The number of rotatable bonds is 6. The van der Waals surface area contributed by atoms with Gasteiger partial charge in [0.15, 0.2) is 0 Å². The fourth-order valence-corrected chi connectivity index (χ4v) is 3.47. The van der Waals surface area contributed by atoms with Crippen molar-refractivity contribution in [3.8, 4) is 0 Å². The molecule has 0 radical (unpaired) electrons. The zero-order valence-corrected chi connectivity index (χ0v) is 11.3. The Bertz CT molecular complexity index is 333. The summed E-state index contributed by atoms with van der Waals surface area (Å²) in [6, 6.07) is 0.503. The molecule has 2 aliphatic rings. The van der Waals surface area contributed by atoms with Crippen LogP contribution in [0.25, 0.3) is 0 Å². The van der Waals surface area contributed by atoms with Crippen LogP contribution in [0.5, 0.6) is 0 Å². The smallest absolute Gasteiger partial charge is 0.279 e. The van der Waals surface area contributed by atoms with E-state index in [1.54, 1.807) is 4.31 Å². The van der Waals surface area contributed by atoms with E-state index < -0.39 is 10.2 Å². The maximum absolute atomic E-state index is 11.8. The SMILES string of the molecule is CCNS(=O)(=O)N1CCC(NCC2CC2)CC1. The number of nitrogens with zero attached hydrogens (tertiary/aromatic N) is 1. The minimum Gasteiger partial charge on any atom is -0.314 e. The molecule has 1 saturated carbocycles. The molecule has 0 aromatic carbocycles. The van der Waals surface area contributed by atoms with Crippen LogP contribution in [-0.2, 0) is 10.2 Å². The molecule has 0 aromatic heterocycles. The molecule has 100 valence electrons. The molecule has 1 aliphatic carbocycles. The molecular formula is C11H23N3O2S. The second-order valence-electron chi connectivity index (χ2n) is 5.03. The normalized spacial score (nSPS) is 24.1. The van der Waals surface area contributed by atoms with E-state index >= 15 is 0 Å². The minimum atomic E-state index is -3.22. The van der Waals surface area contributed by atoms with Crippen LogP contribution < -0.4 is 10.0 Å². The highest BCUT2D eigenvalue weighted by atomic mass is 32.2. The molecule has 0 spiro atoms. The lowest BCUT2D eigenvalue weighted by Gasteiger charge is -2.31. The van der Waals surface area contributed by atoms with E-state index in [4.69, 9.17) is 0 Å². The molecule has 5 nitrogen and oxygen atoms in total. The van der Waals surface area contributed by atoms with Crippen molar-refractivity contribution < 1.29 is 8.42 Å². The van der Waals surface area contributed by atoms with Gasteiger partial charge in [-0.1, -0.05) is 6.92 Å². The van der Waals surface area contributed by atoms with Gasteiger partial charge >= 0.3 is 0 Å². The minimum absolute atomic E-state index is 0.461. The Balaban J connectivity index is 1.72. The largest absolute Gasteiger partial charge is 0.314 e. The van der Waals surface area contributed by atoms with Crippen molar-refractivity contribution in [1.29, 1.82) is 0 Å². The van der Waals surface area contributed by atoms with Crippen LogP contribution in [0, 0.1) is 5.92 Å². The predicted molar refractivity (Wildman–Crippen MR) is 67.9 cm³/mol. The van der Waals surface area contributed by atoms with Crippen LogP contribution in [-0.4, -0.2) is 44.9 Å². The van der Waals surface area contributed by atoms with E-state index in [-0.39, 0.29) is 0 Å². The summed E-state index contributed by atoms with van der Waals surface area (Å²) < 4.78 is 27.6. The number of hydrogen-bond donors (Lipinski definition) is 2. The van der Waals surface area contributed by atoms with Gasteiger partial charge in [-0.3, -0.25) is 0 Å². The fourth-order valence-electron chi connectivity index (χ4n) is 2.23. The van der Waals surface area contributed by atoms with Crippen molar-refractivity contribution in [3.05, 3.63) is 0 Å². The number of piperidine rings is 1. The van der Waals surface area contributed by atoms with Crippen molar-refractivity contribution in [2.45, 2.75) is 38.6 Å². The van der Waals surface area contributed by atoms with E-state index in [1.165, 1.54) is 12.8 Å². The van der Waals surface area contributed by atoms with Crippen LogP contribution in [0.1, 0.15) is 32.6 Å². The molecule has 1 heterocycles. The van der Waals surface area contributed by atoms with Gasteiger partial charge in [0.05, 0.1) is 0 Å². The lowest BCUT2D eigenvalue weighted by Crippen LogP contribution is -2.48. The van der Waals surface area contributed by atoms with Gasteiger partial charge in [-0.15, -0.1) is 0 Å². The summed E-state index contributed by atoms with van der Waals surface area (Å²) in [4.78, 5) is 0. The zero-order chi connectivity index (χ0) is 12.3. The molecular weight excluding hydrogens is 238 g/mol. The first-order valence-electron chi connectivity index (χ1n) is 6.60. The Labute approximate surface area is 104 Å². The molecule has 2 N–H and O–H groups in total. The highest BCUT2D eigenvalue weighted by Gasteiger charge is 2.28. The second kappa shape index (κ2) is 5.65. The van der Waals surface area contributed by atoms with Gasteiger partial charge in [-0.25, -0.2) is 4.72 Å². The molecule has 1 saturated heterocycles. The van der Waals surface area contributed by atoms with Crippen LogP contribution in [0.2, 0.25) is 0 Å². The molecule has 2 fully saturated rings. The van der Waals surface area contributed by atoms with Crippen molar-refractivity contribution >= 4 is 10.2 Å². The van der Waals surface area contributed by atoms with Gasteiger partial charge in [0, 0.05) is 25.7 Å². The van der Waals surface area contributed by atoms with Gasteiger partial charge < -0.3 is 5.32 Å². The van der Waals surface area contributed by atoms with E-state index in [2.05, 4.69) is 10.0 Å². The molecule has 17 heavy (non-hydrogen) atoms. The lowest BCUT2D eigenvalue weighted by molar-refractivity contribution is 0.285. The van der Waals surface area contributed by atoms with Crippen molar-refractivity contribution in [2.24, 2.45) is 5.92 Å². The first-order chi connectivity index (χ1) is 8.12. The van der Waals surface area contributed by atoms with Crippen LogP contribution >= 0.6 is 0 Å². The summed E-state index contributed by atoms with van der Waals surface area (Å²) >= 11 is 0. The number of nitrogens with one attached hydrogen (secondary N) is 2. The van der Waals surface area contributed by atoms with Gasteiger partial charge in [0.1, 0.15) is 0 Å². The molecule has 0 atom stereocenters. The lowest BCUT2D eigenvalue weighted by atomic mass is 10.1. The Morgan fingerprint density at radius 3 is 2.35 bits per heavy atom. The Morgan fingerprint density at radius 1 is 1.18 bits per heavy atom. The van der Waals surface area contributed by atoms with Crippen molar-refractivity contribution in [1.82, 2.24) is 14.3 Å². The first-order valence-corrected chi connectivity index (χ1v) is 8.04. The van der Waals surface area contributed by atoms with E-state index in [1.807, 2.05) is 6.92 Å². The maximum Gasteiger partial charge on any atom is 0.279 e. The highest BCUT2D eigenvalue weighted by molar-refractivity contribution is 7.87. The van der Waals surface area contributed by atoms with E-state index in [9.17, 15) is 8.42 Å². The molecule has 1 aliphatic heterocycles. The maximum atomic E-state index is 11.8. The van der Waals surface area contributed by atoms with Gasteiger partial charge in [-0.2, -0.15) is 12.7 Å². The van der Waals surface area contributed by atoms with Crippen LogP contribution in [0.3, 0.4) is 0 Å². The van der Waals surface area contributed by atoms with Gasteiger partial charge in [0.2, 0.25) is 0 Å². The molecule has 0 amide bonds. The zero-order valence-electron chi connectivity index (χ0n) is 10.5. The quantitative estimate of drug-likeness (QED) is 0.723. The number of hydrogen-bond acceptors (Lipinski definition) is 3. The molecule has 0 unspecified atom stereocenters. The summed E-state index contributed by atoms with van der Waals surface area (Å²) in [5, 5.41) is 3.55. The Morgan fingerprint density at radius 2 is 1.82 bits per heavy atom. The summed E-state index contributed by atoms with van der Waals surface area (Å²) in [6.45, 7) is 4.66. The summed E-state index contributed by atoms with van der Waals surface area (Å²) in [6.07, 6.45) is 4.58. The van der Waals surface area contributed by atoms with Crippen LogP contribution in [0.4, 0.5) is 0 Å². The predicted octanol–water partition coefficient (Wildman–Crippen LogP) is 0.305. The van der Waals surface area contributed by atoms with Crippen LogP contribution in [0.15, 0.2) is 0 Å². The summed E-state index contributed by atoms with van der Waals surface area (Å²) in [7, 11) is -3.22. The average Bonchev–Trinajstić information content (AvgIpc) is 3.11. The van der Waals surface area contributed by atoms with Crippen molar-refractivity contribution in [3.63, 3.8) is 0 Å². The molecule has 0 aromatic rings. The standard InChI is InChI=1S/C11H23N3O2S/c1-2-13-17(15,16)14-7-5-11(6-8-14)12-9-10-3-4-10/h10-13H,2-9H2,1H3. The summed E-state index contributed by atoms with van der Waals surface area (Å²) in [5.74, 6) is 0.888.